The van der Waals surface area contributed by atoms with Gasteiger partial charge >= 0.3 is 0 Å². The van der Waals surface area contributed by atoms with Gasteiger partial charge in [0.15, 0.2) is 9.84 Å². The molecule has 140 valence electrons. The summed E-state index contributed by atoms with van der Waals surface area (Å²) < 4.78 is 35.1. The van der Waals surface area contributed by atoms with Crippen LogP contribution >= 0.6 is 0 Å². The molecule has 3 heterocycles. The van der Waals surface area contributed by atoms with E-state index in [1.165, 1.54) is 0 Å². The van der Waals surface area contributed by atoms with Crippen molar-refractivity contribution in [3.8, 4) is 0 Å². The Labute approximate surface area is 148 Å². The van der Waals surface area contributed by atoms with E-state index in [0.717, 1.165) is 6.42 Å². The Kier molecular flexibility index (Phi) is 4.94. The first-order chi connectivity index (χ1) is 11.9. The van der Waals surface area contributed by atoms with E-state index in [1.807, 2.05) is 13.8 Å². The summed E-state index contributed by atoms with van der Waals surface area (Å²) in [6.07, 6.45) is 2.10. The summed E-state index contributed by atoms with van der Waals surface area (Å²) in [7, 11) is -3.21. The molecule has 2 aliphatic rings. The van der Waals surface area contributed by atoms with Crippen molar-refractivity contribution < 1.29 is 22.5 Å². The lowest BCUT2D eigenvalue weighted by Gasteiger charge is -2.49. The van der Waals surface area contributed by atoms with E-state index in [4.69, 9.17) is 9.26 Å². The topological polar surface area (TPSA) is 89.7 Å². The second kappa shape index (κ2) is 6.72. The predicted molar refractivity (Wildman–Crippen MR) is 92.3 cm³/mol. The Hall–Kier alpha value is -1.41. The van der Waals surface area contributed by atoms with Gasteiger partial charge in [-0.3, -0.25) is 4.79 Å². The van der Waals surface area contributed by atoms with Crippen LogP contribution in [0.3, 0.4) is 0 Å². The number of likely N-dealkylation sites (tertiary alicyclic amines) is 1. The summed E-state index contributed by atoms with van der Waals surface area (Å²) in [5.74, 6) is 0.552. The molecule has 2 aliphatic heterocycles. The van der Waals surface area contributed by atoms with Crippen LogP contribution in [0.25, 0.3) is 0 Å². The Morgan fingerprint density at radius 1 is 1.40 bits per heavy atom. The zero-order valence-electron chi connectivity index (χ0n) is 15.1. The maximum atomic E-state index is 12.9. The first-order valence-electron chi connectivity index (χ1n) is 8.90. The number of sulfone groups is 1. The fraction of sp³-hybridized carbons (Fsp3) is 0.765. The van der Waals surface area contributed by atoms with E-state index in [-0.39, 0.29) is 30.7 Å². The van der Waals surface area contributed by atoms with E-state index in [2.05, 4.69) is 5.16 Å². The molecule has 0 aliphatic carbocycles. The molecule has 0 bridgehead atoms. The van der Waals surface area contributed by atoms with Crippen molar-refractivity contribution in [2.24, 2.45) is 5.92 Å². The van der Waals surface area contributed by atoms with Crippen molar-refractivity contribution in [2.45, 2.75) is 44.8 Å². The number of aromatic nitrogens is 1. The fourth-order valence-corrected chi connectivity index (χ4v) is 6.36. The molecule has 7 nitrogen and oxygen atoms in total. The summed E-state index contributed by atoms with van der Waals surface area (Å²) in [5, 5.41) is 3.91. The highest BCUT2D eigenvalue weighted by molar-refractivity contribution is 7.93. The van der Waals surface area contributed by atoms with Gasteiger partial charge in [0.1, 0.15) is 16.1 Å². The molecule has 1 aromatic heterocycles. The van der Waals surface area contributed by atoms with E-state index in [9.17, 15) is 13.2 Å². The molecule has 0 aromatic carbocycles. The normalized spacial score (nSPS) is 23.8. The van der Waals surface area contributed by atoms with E-state index < -0.39 is 14.6 Å². The first-order valence-corrected chi connectivity index (χ1v) is 10.6. The molecule has 2 fully saturated rings. The number of carbonyl (C=O) groups is 1. The Morgan fingerprint density at radius 2 is 2.12 bits per heavy atom. The van der Waals surface area contributed by atoms with Crippen molar-refractivity contribution in [1.29, 1.82) is 0 Å². The van der Waals surface area contributed by atoms with Gasteiger partial charge < -0.3 is 14.2 Å². The van der Waals surface area contributed by atoms with Crippen LogP contribution in [0, 0.1) is 12.8 Å². The number of nitrogens with zero attached hydrogens (tertiary/aromatic N) is 2. The number of ether oxygens (including phenoxy) is 1. The average Bonchev–Trinajstić information content (AvgIpc) is 3.00. The van der Waals surface area contributed by atoms with E-state index in [1.54, 1.807) is 11.8 Å². The van der Waals surface area contributed by atoms with Crippen molar-refractivity contribution in [3.05, 3.63) is 17.0 Å². The number of hydrogen-bond donors (Lipinski definition) is 0. The van der Waals surface area contributed by atoms with Gasteiger partial charge in [-0.05, 0) is 26.7 Å². The lowest BCUT2D eigenvalue weighted by molar-refractivity contribution is 0.0269. The van der Waals surface area contributed by atoms with Crippen molar-refractivity contribution in [3.63, 3.8) is 0 Å². The number of hydrogen-bond acceptors (Lipinski definition) is 6. The zero-order chi connectivity index (χ0) is 18.2. The molecule has 0 saturated carbocycles. The van der Waals surface area contributed by atoms with Gasteiger partial charge in [0, 0.05) is 32.0 Å². The van der Waals surface area contributed by atoms with Gasteiger partial charge in [-0.1, -0.05) is 12.1 Å². The van der Waals surface area contributed by atoms with Gasteiger partial charge in [-0.2, -0.15) is 0 Å². The first kappa shape index (κ1) is 18.4. The largest absolute Gasteiger partial charge is 0.381 e. The molecule has 1 atom stereocenters. The maximum Gasteiger partial charge on any atom is 0.259 e. The Bertz CT molecular complexity index is 749. The molecule has 2 saturated heterocycles. The minimum atomic E-state index is -3.21. The fourth-order valence-electron chi connectivity index (χ4n) is 3.96. The minimum Gasteiger partial charge on any atom is -0.381 e. The highest BCUT2D eigenvalue weighted by Gasteiger charge is 2.62. The maximum absolute atomic E-state index is 12.9. The molecule has 1 unspecified atom stereocenters. The van der Waals surface area contributed by atoms with Crippen LogP contribution in [0.1, 0.15) is 48.5 Å². The highest BCUT2D eigenvalue weighted by Crippen LogP contribution is 2.45. The van der Waals surface area contributed by atoms with Crippen LogP contribution in [0.5, 0.6) is 0 Å². The molecule has 25 heavy (non-hydrogen) atoms. The van der Waals surface area contributed by atoms with Crippen LogP contribution in [-0.2, 0) is 21.0 Å². The summed E-state index contributed by atoms with van der Waals surface area (Å²) >= 11 is 0. The lowest BCUT2D eigenvalue weighted by atomic mass is 9.83. The van der Waals surface area contributed by atoms with Crippen LogP contribution in [0.15, 0.2) is 4.52 Å². The molecule has 1 spiro atoms. The molecular weight excluding hydrogens is 344 g/mol. The molecule has 1 amide bonds. The number of aryl methyl sites for hydroxylation is 2. The average molecular weight is 370 g/mol. The Morgan fingerprint density at radius 3 is 2.76 bits per heavy atom. The van der Waals surface area contributed by atoms with Gasteiger partial charge in [-0.25, -0.2) is 8.42 Å². The summed E-state index contributed by atoms with van der Waals surface area (Å²) in [4.78, 5) is 14.5. The summed E-state index contributed by atoms with van der Waals surface area (Å²) in [6, 6.07) is 0. The lowest BCUT2D eigenvalue weighted by Crippen LogP contribution is -2.68. The predicted octanol–water partition coefficient (Wildman–Crippen LogP) is 1.60. The van der Waals surface area contributed by atoms with Crippen LogP contribution in [-0.4, -0.2) is 61.2 Å². The van der Waals surface area contributed by atoms with E-state index in [0.29, 0.717) is 43.1 Å². The van der Waals surface area contributed by atoms with Crippen molar-refractivity contribution >= 4 is 15.7 Å². The molecule has 8 heteroatoms. The number of carbonyl (C=O) groups excluding carboxylic acids is 1. The summed E-state index contributed by atoms with van der Waals surface area (Å²) in [6.45, 7) is 7.13. The highest BCUT2D eigenvalue weighted by atomic mass is 32.2. The van der Waals surface area contributed by atoms with Crippen molar-refractivity contribution in [1.82, 2.24) is 10.1 Å². The molecule has 3 rings (SSSR count). The number of amides is 1. The Balaban J connectivity index is 1.78. The smallest absolute Gasteiger partial charge is 0.259 e. The van der Waals surface area contributed by atoms with Crippen molar-refractivity contribution in [2.75, 3.05) is 32.1 Å². The van der Waals surface area contributed by atoms with E-state index >= 15 is 0 Å². The standard InChI is InChI=1S/C17H26N2O5S/c1-4-6-14-15(12(3)18-24-14)16(20)19-10-17(11-19)13(9-23-5-2)7-8-25(17,21)22/h13H,4-11H2,1-3H3. The third-order valence-electron chi connectivity index (χ3n) is 5.45. The number of rotatable bonds is 6. The molecule has 1 aromatic rings. The zero-order valence-corrected chi connectivity index (χ0v) is 15.9. The van der Waals surface area contributed by atoms with Crippen LogP contribution in [0.4, 0.5) is 0 Å². The van der Waals surface area contributed by atoms with Crippen LogP contribution < -0.4 is 0 Å². The van der Waals surface area contributed by atoms with Gasteiger partial charge in [0.05, 0.1) is 18.1 Å². The quantitative estimate of drug-likeness (QED) is 0.756. The van der Waals surface area contributed by atoms with Crippen LogP contribution in [0.2, 0.25) is 0 Å². The van der Waals surface area contributed by atoms with Gasteiger partial charge in [0.2, 0.25) is 0 Å². The van der Waals surface area contributed by atoms with Gasteiger partial charge in [-0.15, -0.1) is 0 Å². The minimum absolute atomic E-state index is 0.0415. The summed E-state index contributed by atoms with van der Waals surface area (Å²) in [5.41, 5.74) is 1.06. The third kappa shape index (κ3) is 2.89. The third-order valence-corrected chi connectivity index (χ3v) is 8.05. The van der Waals surface area contributed by atoms with Gasteiger partial charge in [0.25, 0.3) is 5.91 Å². The molecule has 0 N–H and O–H groups in total. The second-order valence-corrected chi connectivity index (χ2v) is 9.46. The monoisotopic (exact) mass is 370 g/mol. The molecule has 0 radical (unpaired) electrons. The SMILES string of the molecule is CCCc1onc(C)c1C(=O)N1CC2(C1)C(COCC)CCS2(=O)=O. The second-order valence-electron chi connectivity index (χ2n) is 7.01. The molecular formula is C17H26N2O5S.